The lowest BCUT2D eigenvalue weighted by atomic mass is 10.0. The third-order valence-electron chi connectivity index (χ3n) is 3.62. The zero-order chi connectivity index (χ0) is 15.5. The standard InChI is InChI=1S/C16H19N5O/c1-11-8-15(21-16(19-11)17-10-18-21)20-12(2)14(22)9-13-6-4-3-5-7-13/h3-8,10,12,14,20,22H,9H2,1-2H3. The Morgan fingerprint density at radius 1 is 1.27 bits per heavy atom. The summed E-state index contributed by atoms with van der Waals surface area (Å²) in [6, 6.07) is 11.7. The maximum atomic E-state index is 10.4. The third kappa shape index (κ3) is 3.07. The molecular weight excluding hydrogens is 278 g/mol. The van der Waals surface area contributed by atoms with Crippen molar-refractivity contribution in [1.29, 1.82) is 0 Å². The van der Waals surface area contributed by atoms with Crippen molar-refractivity contribution in [3.05, 3.63) is 54.0 Å². The van der Waals surface area contributed by atoms with Gasteiger partial charge in [0.05, 0.1) is 12.1 Å². The number of aromatic nitrogens is 4. The van der Waals surface area contributed by atoms with Gasteiger partial charge in [-0.25, -0.2) is 4.98 Å². The van der Waals surface area contributed by atoms with Crippen LogP contribution in [0.3, 0.4) is 0 Å². The van der Waals surface area contributed by atoms with Gasteiger partial charge in [0, 0.05) is 18.2 Å². The molecule has 2 unspecified atom stereocenters. The van der Waals surface area contributed by atoms with Crippen LogP contribution >= 0.6 is 0 Å². The number of hydrogen-bond acceptors (Lipinski definition) is 5. The van der Waals surface area contributed by atoms with Crippen molar-refractivity contribution in [3.63, 3.8) is 0 Å². The van der Waals surface area contributed by atoms with Crippen molar-refractivity contribution in [3.8, 4) is 0 Å². The molecule has 6 heteroatoms. The van der Waals surface area contributed by atoms with Gasteiger partial charge in [0.1, 0.15) is 12.1 Å². The zero-order valence-electron chi connectivity index (χ0n) is 12.6. The second-order valence-electron chi connectivity index (χ2n) is 5.44. The first kappa shape index (κ1) is 14.5. The molecule has 114 valence electrons. The van der Waals surface area contributed by atoms with E-state index in [1.54, 1.807) is 4.52 Å². The van der Waals surface area contributed by atoms with Crippen LogP contribution in [0.2, 0.25) is 0 Å². The molecule has 0 aliphatic heterocycles. The van der Waals surface area contributed by atoms with Gasteiger partial charge in [-0.15, -0.1) is 0 Å². The summed E-state index contributed by atoms with van der Waals surface area (Å²) >= 11 is 0. The van der Waals surface area contributed by atoms with Gasteiger partial charge in [-0.2, -0.15) is 14.6 Å². The number of benzene rings is 1. The highest BCUT2D eigenvalue weighted by molar-refractivity contribution is 5.45. The summed E-state index contributed by atoms with van der Waals surface area (Å²) in [6.07, 6.45) is 1.56. The van der Waals surface area contributed by atoms with Crippen LogP contribution in [0.4, 0.5) is 5.82 Å². The molecule has 0 fully saturated rings. The predicted octanol–water partition coefficient (Wildman–Crippen LogP) is 1.84. The van der Waals surface area contributed by atoms with E-state index in [9.17, 15) is 5.11 Å². The average molecular weight is 297 g/mol. The second kappa shape index (κ2) is 6.11. The summed E-state index contributed by atoms with van der Waals surface area (Å²) in [7, 11) is 0. The van der Waals surface area contributed by atoms with Crippen LogP contribution in [-0.4, -0.2) is 36.8 Å². The summed E-state index contributed by atoms with van der Waals surface area (Å²) in [5, 5.41) is 17.9. The van der Waals surface area contributed by atoms with Crippen molar-refractivity contribution in [1.82, 2.24) is 19.6 Å². The lowest BCUT2D eigenvalue weighted by Gasteiger charge is -2.21. The number of rotatable bonds is 5. The topological polar surface area (TPSA) is 75.3 Å². The number of nitrogens with zero attached hydrogens (tertiary/aromatic N) is 4. The molecule has 0 spiro atoms. The molecule has 0 saturated heterocycles. The monoisotopic (exact) mass is 297 g/mol. The van der Waals surface area contributed by atoms with Gasteiger partial charge < -0.3 is 10.4 Å². The van der Waals surface area contributed by atoms with E-state index in [0.29, 0.717) is 12.2 Å². The smallest absolute Gasteiger partial charge is 0.254 e. The number of aryl methyl sites for hydroxylation is 1. The van der Waals surface area contributed by atoms with E-state index in [-0.39, 0.29) is 6.04 Å². The molecule has 2 heterocycles. The maximum Gasteiger partial charge on any atom is 0.254 e. The van der Waals surface area contributed by atoms with E-state index < -0.39 is 6.10 Å². The molecule has 0 amide bonds. The molecule has 0 radical (unpaired) electrons. The summed E-state index contributed by atoms with van der Waals surface area (Å²) in [5.41, 5.74) is 1.97. The molecule has 3 rings (SSSR count). The molecule has 1 aromatic carbocycles. The summed E-state index contributed by atoms with van der Waals surface area (Å²) < 4.78 is 1.64. The number of anilines is 1. The first-order chi connectivity index (χ1) is 10.6. The molecule has 2 N–H and O–H groups in total. The number of nitrogens with one attached hydrogen (secondary N) is 1. The number of aliphatic hydroxyl groups is 1. The minimum absolute atomic E-state index is 0.130. The summed E-state index contributed by atoms with van der Waals surface area (Å²) in [5.74, 6) is 1.33. The fourth-order valence-electron chi connectivity index (χ4n) is 2.40. The van der Waals surface area contributed by atoms with Crippen LogP contribution in [0.1, 0.15) is 18.2 Å². The molecule has 6 nitrogen and oxygen atoms in total. The Morgan fingerprint density at radius 3 is 2.82 bits per heavy atom. The SMILES string of the molecule is Cc1cc(NC(C)C(O)Cc2ccccc2)n2ncnc2n1. The van der Waals surface area contributed by atoms with E-state index >= 15 is 0 Å². The first-order valence-electron chi connectivity index (χ1n) is 7.29. The molecule has 22 heavy (non-hydrogen) atoms. The van der Waals surface area contributed by atoms with Gasteiger partial charge in [0.2, 0.25) is 0 Å². The van der Waals surface area contributed by atoms with Crippen LogP contribution in [0, 0.1) is 6.92 Å². The van der Waals surface area contributed by atoms with Crippen LogP contribution in [0.25, 0.3) is 5.78 Å². The minimum Gasteiger partial charge on any atom is -0.391 e. The Balaban J connectivity index is 1.75. The minimum atomic E-state index is -0.505. The Kier molecular flexibility index (Phi) is 4.02. The average Bonchev–Trinajstić information content (AvgIpc) is 2.96. The first-order valence-corrected chi connectivity index (χ1v) is 7.29. The van der Waals surface area contributed by atoms with Crippen molar-refractivity contribution >= 4 is 11.6 Å². The van der Waals surface area contributed by atoms with Crippen molar-refractivity contribution < 1.29 is 5.11 Å². The van der Waals surface area contributed by atoms with E-state index in [1.165, 1.54) is 6.33 Å². The summed E-state index contributed by atoms with van der Waals surface area (Å²) in [4.78, 5) is 8.40. The molecule has 2 atom stereocenters. The molecular formula is C16H19N5O. The van der Waals surface area contributed by atoms with E-state index in [0.717, 1.165) is 17.1 Å². The molecule has 0 aliphatic rings. The maximum absolute atomic E-state index is 10.4. The van der Waals surface area contributed by atoms with Crippen LogP contribution in [0.15, 0.2) is 42.7 Å². The summed E-state index contributed by atoms with van der Waals surface area (Å²) in [6.45, 7) is 3.86. The van der Waals surface area contributed by atoms with Gasteiger partial charge >= 0.3 is 0 Å². The Bertz CT molecular complexity index is 756. The predicted molar refractivity (Wildman–Crippen MR) is 84.8 cm³/mol. The fourth-order valence-corrected chi connectivity index (χ4v) is 2.40. The van der Waals surface area contributed by atoms with Gasteiger partial charge in [-0.05, 0) is 19.4 Å². The fraction of sp³-hybridized carbons (Fsp3) is 0.312. The molecule has 3 aromatic rings. The Labute approximate surface area is 128 Å². The number of hydrogen-bond donors (Lipinski definition) is 2. The zero-order valence-corrected chi connectivity index (χ0v) is 12.6. The quantitative estimate of drug-likeness (QED) is 0.751. The van der Waals surface area contributed by atoms with Gasteiger partial charge in [-0.3, -0.25) is 0 Å². The van der Waals surface area contributed by atoms with Crippen molar-refractivity contribution in [2.75, 3.05) is 5.32 Å². The van der Waals surface area contributed by atoms with Crippen molar-refractivity contribution in [2.45, 2.75) is 32.4 Å². The van der Waals surface area contributed by atoms with Gasteiger partial charge in [0.25, 0.3) is 5.78 Å². The molecule has 0 bridgehead atoms. The lowest BCUT2D eigenvalue weighted by molar-refractivity contribution is 0.158. The van der Waals surface area contributed by atoms with Crippen LogP contribution in [0.5, 0.6) is 0 Å². The van der Waals surface area contributed by atoms with Crippen LogP contribution < -0.4 is 5.32 Å². The normalized spacial score (nSPS) is 14.0. The van der Waals surface area contributed by atoms with Gasteiger partial charge in [-0.1, -0.05) is 30.3 Å². The van der Waals surface area contributed by atoms with E-state index in [1.807, 2.05) is 50.2 Å². The molecule has 0 aliphatic carbocycles. The second-order valence-corrected chi connectivity index (χ2v) is 5.44. The largest absolute Gasteiger partial charge is 0.391 e. The molecule has 2 aromatic heterocycles. The number of aliphatic hydroxyl groups excluding tert-OH is 1. The highest BCUT2D eigenvalue weighted by Gasteiger charge is 2.16. The van der Waals surface area contributed by atoms with Crippen LogP contribution in [-0.2, 0) is 6.42 Å². The van der Waals surface area contributed by atoms with E-state index in [2.05, 4.69) is 20.4 Å². The highest BCUT2D eigenvalue weighted by Crippen LogP contribution is 2.14. The lowest BCUT2D eigenvalue weighted by Crippen LogP contribution is -2.33. The Morgan fingerprint density at radius 2 is 2.05 bits per heavy atom. The Hall–Kier alpha value is -2.47. The molecule has 0 saturated carbocycles. The van der Waals surface area contributed by atoms with E-state index in [4.69, 9.17) is 0 Å². The van der Waals surface area contributed by atoms with Crippen molar-refractivity contribution in [2.24, 2.45) is 0 Å². The highest BCUT2D eigenvalue weighted by atomic mass is 16.3. The third-order valence-corrected chi connectivity index (χ3v) is 3.62. The van der Waals surface area contributed by atoms with Gasteiger partial charge in [0.15, 0.2) is 0 Å². The number of fused-ring (bicyclic) bond motifs is 1.